The third-order valence-corrected chi connectivity index (χ3v) is 4.07. The summed E-state index contributed by atoms with van der Waals surface area (Å²) in [4.78, 5) is 7.46. The number of nitrogens with one attached hydrogen (secondary N) is 4. The molecule has 122 valence electrons. The third kappa shape index (κ3) is 3.81. The average Bonchev–Trinajstić information content (AvgIpc) is 2.92. The zero-order valence-corrected chi connectivity index (χ0v) is 13.0. The van der Waals surface area contributed by atoms with E-state index < -0.39 is 0 Å². The van der Waals surface area contributed by atoms with Crippen LogP contribution in [0.5, 0.6) is 0 Å². The molecule has 3 unspecified atom stereocenters. The lowest BCUT2D eigenvalue weighted by Gasteiger charge is -2.31. The Hall–Kier alpha value is -1.09. The predicted octanol–water partition coefficient (Wildman–Crippen LogP) is 0.245. The minimum Gasteiger partial charge on any atom is -0.302 e. The molecule has 2 saturated heterocycles. The van der Waals surface area contributed by atoms with E-state index in [1.54, 1.807) is 12.1 Å². The van der Waals surface area contributed by atoms with Crippen molar-refractivity contribution in [3.05, 3.63) is 35.1 Å². The highest BCUT2D eigenvalue weighted by molar-refractivity contribution is 5.27. The van der Waals surface area contributed by atoms with Gasteiger partial charge in [0.25, 0.3) is 0 Å². The van der Waals surface area contributed by atoms with Crippen LogP contribution in [-0.2, 0) is 11.4 Å². The minimum atomic E-state index is -0.300. The van der Waals surface area contributed by atoms with Gasteiger partial charge in [-0.05, 0) is 25.6 Å². The van der Waals surface area contributed by atoms with Crippen molar-refractivity contribution in [2.45, 2.75) is 32.0 Å². The van der Waals surface area contributed by atoms with Gasteiger partial charge in [-0.15, -0.1) is 0 Å². The van der Waals surface area contributed by atoms with Gasteiger partial charge < -0.3 is 4.90 Å². The van der Waals surface area contributed by atoms with Crippen molar-refractivity contribution in [2.75, 3.05) is 26.7 Å². The van der Waals surface area contributed by atoms with E-state index in [0.717, 1.165) is 25.2 Å². The summed E-state index contributed by atoms with van der Waals surface area (Å²) < 4.78 is 14.3. The number of hydroxylamine groups is 1. The zero-order chi connectivity index (χ0) is 15.5. The van der Waals surface area contributed by atoms with Crippen LogP contribution in [0.1, 0.15) is 24.2 Å². The van der Waals surface area contributed by atoms with Crippen LogP contribution in [0.3, 0.4) is 0 Å². The van der Waals surface area contributed by atoms with E-state index in [4.69, 9.17) is 4.84 Å². The van der Waals surface area contributed by atoms with Gasteiger partial charge >= 0.3 is 0 Å². The number of likely N-dealkylation sites (N-methyl/N-ethyl adjacent to an activating group) is 1. The first-order valence-corrected chi connectivity index (χ1v) is 7.72. The van der Waals surface area contributed by atoms with Crippen molar-refractivity contribution in [2.24, 2.45) is 0 Å². The number of piperazine rings is 1. The first-order valence-electron chi connectivity index (χ1n) is 7.72. The molecule has 1 aromatic carbocycles. The van der Waals surface area contributed by atoms with Gasteiger partial charge in [-0.25, -0.2) is 4.39 Å². The highest BCUT2D eigenvalue weighted by Crippen LogP contribution is 2.20. The van der Waals surface area contributed by atoms with Gasteiger partial charge in [0.05, 0.1) is 6.17 Å². The third-order valence-electron chi connectivity index (χ3n) is 4.07. The molecule has 2 aliphatic rings. The highest BCUT2D eigenvalue weighted by Gasteiger charge is 2.24. The Bertz CT molecular complexity index is 515. The van der Waals surface area contributed by atoms with E-state index in [-0.39, 0.29) is 24.4 Å². The summed E-state index contributed by atoms with van der Waals surface area (Å²) in [6, 6.07) is 5.34. The molecule has 4 N–H and O–H groups in total. The quantitative estimate of drug-likeness (QED) is 0.639. The minimum absolute atomic E-state index is 0.125. The van der Waals surface area contributed by atoms with E-state index in [2.05, 4.69) is 33.4 Å². The van der Waals surface area contributed by atoms with Gasteiger partial charge in [0.15, 0.2) is 0 Å². The molecule has 0 aliphatic carbocycles. The lowest BCUT2D eigenvalue weighted by molar-refractivity contribution is 0.0327. The van der Waals surface area contributed by atoms with Crippen LogP contribution < -0.4 is 21.4 Å². The molecule has 1 aromatic rings. The fraction of sp³-hybridized carbons (Fsp3) is 0.600. The summed E-state index contributed by atoms with van der Waals surface area (Å²) in [5.41, 5.74) is 4.30. The number of halogens is 1. The molecule has 7 heteroatoms. The average molecular weight is 309 g/mol. The Balaban J connectivity index is 1.57. The van der Waals surface area contributed by atoms with Gasteiger partial charge in [0.2, 0.25) is 0 Å². The Morgan fingerprint density at radius 2 is 2.32 bits per heavy atom. The highest BCUT2D eigenvalue weighted by atomic mass is 19.1. The van der Waals surface area contributed by atoms with Gasteiger partial charge in [-0.2, -0.15) is 5.48 Å². The smallest absolute Gasteiger partial charge is 0.129 e. The molecule has 0 spiro atoms. The second kappa shape index (κ2) is 6.99. The number of hydrogen-bond donors (Lipinski definition) is 4. The molecule has 0 aromatic heterocycles. The van der Waals surface area contributed by atoms with Crippen molar-refractivity contribution >= 4 is 0 Å². The summed E-state index contributed by atoms with van der Waals surface area (Å²) in [7, 11) is 2.11. The molecule has 6 nitrogen and oxygen atoms in total. The fourth-order valence-electron chi connectivity index (χ4n) is 2.82. The largest absolute Gasteiger partial charge is 0.302 e. The molecular formula is C15H24FN5O. The van der Waals surface area contributed by atoms with Crippen LogP contribution >= 0.6 is 0 Å². The summed E-state index contributed by atoms with van der Waals surface area (Å²) >= 11 is 0. The Morgan fingerprint density at radius 3 is 3.00 bits per heavy atom. The monoisotopic (exact) mass is 309 g/mol. The van der Waals surface area contributed by atoms with Gasteiger partial charge in [0.1, 0.15) is 18.2 Å². The molecular weight excluding hydrogens is 285 g/mol. The van der Waals surface area contributed by atoms with Crippen LogP contribution in [0, 0.1) is 5.82 Å². The van der Waals surface area contributed by atoms with E-state index in [9.17, 15) is 4.39 Å². The number of benzene rings is 1. The van der Waals surface area contributed by atoms with E-state index in [1.165, 1.54) is 0 Å². The van der Waals surface area contributed by atoms with Crippen LogP contribution in [-0.4, -0.2) is 44.0 Å². The number of rotatable bonds is 4. The summed E-state index contributed by atoms with van der Waals surface area (Å²) in [6.07, 6.45) is -0.181. The van der Waals surface area contributed by atoms with Gasteiger partial charge in [0, 0.05) is 31.7 Å². The molecule has 2 heterocycles. The molecule has 2 fully saturated rings. The van der Waals surface area contributed by atoms with Crippen molar-refractivity contribution in [1.29, 1.82) is 0 Å². The van der Waals surface area contributed by atoms with Gasteiger partial charge in [-0.1, -0.05) is 12.1 Å². The topological polar surface area (TPSA) is 60.6 Å². The molecule has 0 amide bonds. The molecule has 0 saturated carbocycles. The number of hydrogen-bond acceptors (Lipinski definition) is 6. The standard InChI is InChI=1S/C15H24FN5O/c1-10-19-15(20-22-10)12-4-3-11(7-13(12)16)8-18-14-9-21(2)6-5-17-14/h3-4,7,10,14-15,17-20H,5-6,8-9H2,1-2H3. The summed E-state index contributed by atoms with van der Waals surface area (Å²) in [5, 5.41) is 9.94. The van der Waals surface area contributed by atoms with Crippen LogP contribution in [0.25, 0.3) is 0 Å². The lowest BCUT2D eigenvalue weighted by Crippen LogP contribution is -2.55. The van der Waals surface area contributed by atoms with Gasteiger partial charge in [-0.3, -0.25) is 20.8 Å². The van der Waals surface area contributed by atoms with Crippen molar-refractivity contribution in [1.82, 2.24) is 26.3 Å². The maximum Gasteiger partial charge on any atom is 0.129 e. The SMILES string of the molecule is CC1NC(c2ccc(CNC3CN(C)CCN3)cc2F)NO1. The zero-order valence-electron chi connectivity index (χ0n) is 13.0. The van der Waals surface area contributed by atoms with Crippen molar-refractivity contribution < 1.29 is 9.23 Å². The van der Waals surface area contributed by atoms with Crippen molar-refractivity contribution in [3.8, 4) is 0 Å². The summed E-state index contributed by atoms with van der Waals surface area (Å²) in [5.74, 6) is -0.226. The Kier molecular flexibility index (Phi) is 5.02. The molecule has 0 radical (unpaired) electrons. The van der Waals surface area contributed by atoms with Crippen LogP contribution in [0.15, 0.2) is 18.2 Å². The maximum absolute atomic E-state index is 14.3. The molecule has 0 bridgehead atoms. The second-order valence-corrected chi connectivity index (χ2v) is 5.98. The molecule has 2 aliphatic heterocycles. The van der Waals surface area contributed by atoms with E-state index in [0.29, 0.717) is 12.1 Å². The van der Waals surface area contributed by atoms with Crippen LogP contribution in [0.4, 0.5) is 4.39 Å². The fourth-order valence-corrected chi connectivity index (χ4v) is 2.82. The molecule has 22 heavy (non-hydrogen) atoms. The van der Waals surface area contributed by atoms with Crippen LogP contribution in [0.2, 0.25) is 0 Å². The first-order chi connectivity index (χ1) is 10.6. The second-order valence-electron chi connectivity index (χ2n) is 5.98. The normalized spacial score (nSPS) is 29.9. The molecule has 3 rings (SSSR count). The van der Waals surface area contributed by atoms with E-state index >= 15 is 0 Å². The Morgan fingerprint density at radius 1 is 1.45 bits per heavy atom. The first kappa shape index (κ1) is 15.8. The Labute approximate surface area is 130 Å². The lowest BCUT2D eigenvalue weighted by atomic mass is 10.1. The number of nitrogens with zero attached hydrogens (tertiary/aromatic N) is 1. The maximum atomic E-state index is 14.3. The van der Waals surface area contributed by atoms with Crippen molar-refractivity contribution in [3.63, 3.8) is 0 Å². The van der Waals surface area contributed by atoms with E-state index in [1.807, 2.05) is 13.0 Å². The molecule has 3 atom stereocenters. The predicted molar refractivity (Wildman–Crippen MR) is 82.1 cm³/mol. The summed E-state index contributed by atoms with van der Waals surface area (Å²) in [6.45, 7) is 5.49.